The van der Waals surface area contributed by atoms with Gasteiger partial charge in [0.2, 0.25) is 0 Å². The highest BCUT2D eigenvalue weighted by Crippen LogP contribution is 2.26. The van der Waals surface area contributed by atoms with Crippen LogP contribution in [0.2, 0.25) is 0 Å². The van der Waals surface area contributed by atoms with Crippen molar-refractivity contribution in [3.8, 4) is 0 Å². The van der Waals surface area contributed by atoms with Gasteiger partial charge < -0.3 is 14.7 Å². The number of carboxylic acids is 1. The number of halogens is 1. The Morgan fingerprint density at radius 1 is 1.35 bits per heavy atom. The fraction of sp³-hybridized carbons (Fsp3) is 0.533. The molecule has 4 nitrogen and oxygen atoms in total. The van der Waals surface area contributed by atoms with E-state index in [2.05, 4.69) is 34.7 Å². The molecule has 1 N–H and O–H groups in total. The zero-order valence-electron chi connectivity index (χ0n) is 12.2. The highest BCUT2D eigenvalue weighted by molar-refractivity contribution is 9.10. The quantitative estimate of drug-likeness (QED) is 0.780. The molecule has 0 atom stereocenters. The number of hydrogen-bond acceptors (Lipinski definition) is 3. The van der Waals surface area contributed by atoms with Crippen LogP contribution in [0.3, 0.4) is 0 Å². The molecule has 0 heterocycles. The van der Waals surface area contributed by atoms with Gasteiger partial charge >= 0.3 is 5.97 Å². The van der Waals surface area contributed by atoms with Gasteiger partial charge in [0.05, 0.1) is 12.2 Å². The van der Waals surface area contributed by atoms with E-state index in [0.29, 0.717) is 18.2 Å². The summed E-state index contributed by atoms with van der Waals surface area (Å²) in [4.78, 5) is 13.4. The molecule has 1 rings (SSSR count). The first-order chi connectivity index (χ1) is 9.53. The summed E-state index contributed by atoms with van der Waals surface area (Å²) in [7, 11) is 1.68. The largest absolute Gasteiger partial charge is 0.478 e. The van der Waals surface area contributed by atoms with Crippen LogP contribution in [0.15, 0.2) is 22.7 Å². The minimum Gasteiger partial charge on any atom is -0.478 e. The molecule has 0 bridgehead atoms. The second-order valence-corrected chi connectivity index (χ2v) is 5.58. The third-order valence-electron chi connectivity index (χ3n) is 3.38. The Bertz CT molecular complexity index is 447. The van der Waals surface area contributed by atoms with Crippen LogP contribution in [-0.4, -0.2) is 37.4 Å². The number of carbonyl (C=O) groups is 1. The average molecular weight is 344 g/mol. The van der Waals surface area contributed by atoms with Crippen LogP contribution in [0, 0.1) is 0 Å². The first kappa shape index (κ1) is 17.0. The van der Waals surface area contributed by atoms with E-state index in [4.69, 9.17) is 4.74 Å². The lowest BCUT2D eigenvalue weighted by atomic mass is 10.1. The molecule has 1 aromatic carbocycles. The molecular weight excluding hydrogens is 322 g/mol. The Labute approximate surface area is 128 Å². The summed E-state index contributed by atoms with van der Waals surface area (Å²) in [5, 5.41) is 9.18. The van der Waals surface area contributed by atoms with Crippen molar-refractivity contribution in [2.24, 2.45) is 0 Å². The second kappa shape index (κ2) is 8.27. The van der Waals surface area contributed by atoms with Gasteiger partial charge in [0.15, 0.2) is 0 Å². The third-order valence-corrected chi connectivity index (χ3v) is 3.84. The Hall–Kier alpha value is -1.07. The van der Waals surface area contributed by atoms with E-state index < -0.39 is 5.97 Å². The lowest BCUT2D eigenvalue weighted by Gasteiger charge is -2.33. The van der Waals surface area contributed by atoms with Crippen molar-refractivity contribution in [1.82, 2.24) is 0 Å². The van der Waals surface area contributed by atoms with Gasteiger partial charge in [-0.1, -0.05) is 29.8 Å². The van der Waals surface area contributed by atoms with Crippen molar-refractivity contribution in [2.75, 3.05) is 25.2 Å². The van der Waals surface area contributed by atoms with Crippen LogP contribution in [0.5, 0.6) is 0 Å². The number of aromatic carboxylic acids is 1. The smallest absolute Gasteiger partial charge is 0.335 e. The van der Waals surface area contributed by atoms with Crippen LogP contribution in [0.4, 0.5) is 5.69 Å². The van der Waals surface area contributed by atoms with Gasteiger partial charge in [0, 0.05) is 29.9 Å². The van der Waals surface area contributed by atoms with Crippen molar-refractivity contribution in [3.05, 3.63) is 28.2 Å². The van der Waals surface area contributed by atoms with Gasteiger partial charge in [-0.25, -0.2) is 4.79 Å². The van der Waals surface area contributed by atoms with Crippen molar-refractivity contribution in [3.63, 3.8) is 0 Å². The van der Waals surface area contributed by atoms with Crippen LogP contribution >= 0.6 is 15.9 Å². The molecule has 5 heteroatoms. The van der Waals surface area contributed by atoms with E-state index in [1.54, 1.807) is 19.2 Å². The minimum absolute atomic E-state index is 0.294. The van der Waals surface area contributed by atoms with E-state index in [-0.39, 0.29) is 0 Å². The standard InChI is InChI=1S/C15H22BrNO3/c1-4-13(5-2)17(6-7-20-3)14-9-11(15(18)19)8-12(16)10-14/h8-10,13H,4-7H2,1-3H3,(H,18,19). The van der Waals surface area contributed by atoms with Crippen molar-refractivity contribution in [1.29, 1.82) is 0 Å². The van der Waals surface area contributed by atoms with Crippen LogP contribution in [0.25, 0.3) is 0 Å². The molecule has 0 aliphatic heterocycles. The molecule has 112 valence electrons. The zero-order valence-corrected chi connectivity index (χ0v) is 13.8. The predicted molar refractivity (Wildman–Crippen MR) is 84.7 cm³/mol. The highest BCUT2D eigenvalue weighted by atomic mass is 79.9. The van der Waals surface area contributed by atoms with E-state index in [1.165, 1.54) is 0 Å². The van der Waals surface area contributed by atoms with Crippen LogP contribution in [-0.2, 0) is 4.74 Å². The number of benzene rings is 1. The average Bonchev–Trinajstić information content (AvgIpc) is 2.42. The minimum atomic E-state index is -0.913. The number of rotatable bonds is 8. The second-order valence-electron chi connectivity index (χ2n) is 4.66. The molecule has 0 saturated carbocycles. The summed E-state index contributed by atoms with van der Waals surface area (Å²) in [5.74, 6) is -0.913. The molecule has 0 aliphatic rings. The number of nitrogens with zero attached hydrogens (tertiary/aromatic N) is 1. The Morgan fingerprint density at radius 3 is 2.50 bits per heavy atom. The molecule has 0 fully saturated rings. The number of ether oxygens (including phenoxy) is 1. The first-order valence-electron chi connectivity index (χ1n) is 6.82. The number of carboxylic acid groups (broad SMARTS) is 1. The van der Waals surface area contributed by atoms with Crippen LogP contribution in [0.1, 0.15) is 37.0 Å². The molecule has 1 aromatic rings. The monoisotopic (exact) mass is 343 g/mol. The highest BCUT2D eigenvalue weighted by Gasteiger charge is 2.17. The van der Waals surface area contributed by atoms with Gasteiger partial charge in [-0.3, -0.25) is 0 Å². The topological polar surface area (TPSA) is 49.8 Å². The van der Waals surface area contributed by atoms with Gasteiger partial charge in [0.1, 0.15) is 0 Å². The lowest BCUT2D eigenvalue weighted by molar-refractivity contribution is 0.0697. The molecule has 0 aliphatic carbocycles. The van der Waals surface area contributed by atoms with Crippen molar-refractivity contribution in [2.45, 2.75) is 32.7 Å². The molecule has 0 amide bonds. The molecule has 0 unspecified atom stereocenters. The van der Waals surface area contributed by atoms with Gasteiger partial charge in [0.25, 0.3) is 0 Å². The van der Waals surface area contributed by atoms with E-state index in [1.807, 2.05) is 6.07 Å². The maximum atomic E-state index is 11.2. The summed E-state index contributed by atoms with van der Waals surface area (Å²) in [5.41, 5.74) is 1.21. The van der Waals surface area contributed by atoms with Gasteiger partial charge in [-0.15, -0.1) is 0 Å². The fourth-order valence-corrected chi connectivity index (χ4v) is 2.79. The van der Waals surface area contributed by atoms with E-state index in [0.717, 1.165) is 29.5 Å². The summed E-state index contributed by atoms with van der Waals surface area (Å²) >= 11 is 3.39. The Morgan fingerprint density at radius 2 is 2.00 bits per heavy atom. The maximum Gasteiger partial charge on any atom is 0.335 e. The maximum absolute atomic E-state index is 11.2. The Balaban J connectivity index is 3.14. The normalized spacial score (nSPS) is 10.8. The third kappa shape index (κ3) is 4.49. The molecule has 20 heavy (non-hydrogen) atoms. The molecule has 0 radical (unpaired) electrons. The van der Waals surface area contributed by atoms with Gasteiger partial charge in [-0.05, 0) is 31.0 Å². The van der Waals surface area contributed by atoms with Crippen LogP contribution < -0.4 is 4.90 Å². The molecule has 0 saturated heterocycles. The summed E-state index contributed by atoms with van der Waals surface area (Å²) in [6, 6.07) is 5.68. The van der Waals surface area contributed by atoms with E-state index >= 15 is 0 Å². The molecule has 0 aromatic heterocycles. The number of methoxy groups -OCH3 is 1. The van der Waals surface area contributed by atoms with Crippen molar-refractivity contribution >= 4 is 27.6 Å². The summed E-state index contributed by atoms with van der Waals surface area (Å²) < 4.78 is 5.95. The number of anilines is 1. The molecular formula is C15H22BrNO3. The number of hydrogen-bond donors (Lipinski definition) is 1. The predicted octanol–water partition coefficient (Wildman–Crippen LogP) is 3.79. The summed E-state index contributed by atoms with van der Waals surface area (Å²) in [6.45, 7) is 5.65. The van der Waals surface area contributed by atoms with E-state index in [9.17, 15) is 9.90 Å². The molecule has 0 spiro atoms. The first-order valence-corrected chi connectivity index (χ1v) is 7.62. The SMILES string of the molecule is CCC(CC)N(CCOC)c1cc(Br)cc(C(=O)O)c1. The summed E-state index contributed by atoms with van der Waals surface area (Å²) in [6.07, 6.45) is 2.02. The fourth-order valence-electron chi connectivity index (χ4n) is 2.31. The van der Waals surface area contributed by atoms with Gasteiger partial charge in [-0.2, -0.15) is 0 Å². The lowest BCUT2D eigenvalue weighted by Crippen LogP contribution is -2.37. The zero-order chi connectivity index (χ0) is 15.1. The van der Waals surface area contributed by atoms with Crippen molar-refractivity contribution < 1.29 is 14.6 Å². The Kier molecular flexibility index (Phi) is 7.02.